The number of carbonyl (C=O) groups is 2. The lowest BCUT2D eigenvalue weighted by atomic mass is 10.1. The van der Waals surface area contributed by atoms with E-state index in [-0.39, 0.29) is 22.7 Å². The second kappa shape index (κ2) is 11.1. The van der Waals surface area contributed by atoms with E-state index in [4.69, 9.17) is 11.6 Å². The maximum Gasteiger partial charge on any atom is 0.278 e. The Morgan fingerprint density at radius 2 is 1.85 bits per heavy atom. The van der Waals surface area contributed by atoms with Crippen LogP contribution in [0.2, 0.25) is 5.02 Å². The zero-order valence-corrected chi connectivity index (χ0v) is 20.0. The molecule has 1 unspecified atom stereocenters. The van der Waals surface area contributed by atoms with Crippen LogP contribution in [0.25, 0.3) is 11.3 Å². The Morgan fingerprint density at radius 3 is 2.52 bits per heavy atom. The van der Waals surface area contributed by atoms with E-state index in [0.717, 1.165) is 17.3 Å². The molecule has 1 heterocycles. The summed E-state index contributed by atoms with van der Waals surface area (Å²) in [5, 5.41) is 13.9. The van der Waals surface area contributed by atoms with Crippen molar-refractivity contribution in [2.45, 2.75) is 44.0 Å². The number of nitrogens with zero attached hydrogens (tertiary/aromatic N) is 2. The summed E-state index contributed by atoms with van der Waals surface area (Å²) in [4.78, 5) is 40.1. The number of carbonyl (C=O) groups excluding carboxylic acids is 2. The van der Waals surface area contributed by atoms with Gasteiger partial charge >= 0.3 is 0 Å². The minimum Gasteiger partial charge on any atom is -0.325 e. The minimum atomic E-state index is -0.518. The fraction of sp³-hybridized carbons (Fsp3) is 0.261. The third-order valence-corrected chi connectivity index (χ3v) is 6.32. The first-order chi connectivity index (χ1) is 15.8. The maximum absolute atomic E-state index is 12.8. The van der Waals surface area contributed by atoms with Gasteiger partial charge in [-0.3, -0.25) is 19.4 Å². The lowest BCUT2D eigenvalue weighted by Gasteiger charge is -2.15. The van der Waals surface area contributed by atoms with Crippen LogP contribution < -0.4 is 16.2 Å². The molecule has 0 aliphatic carbocycles. The highest BCUT2D eigenvalue weighted by molar-refractivity contribution is 8.00. The molecule has 8 nitrogen and oxygen atoms in total. The van der Waals surface area contributed by atoms with Crippen molar-refractivity contribution in [3.63, 3.8) is 0 Å². The van der Waals surface area contributed by atoms with Gasteiger partial charge in [0.1, 0.15) is 0 Å². The van der Waals surface area contributed by atoms with Crippen LogP contribution in [0.3, 0.4) is 0 Å². The van der Waals surface area contributed by atoms with Crippen molar-refractivity contribution < 1.29 is 9.59 Å². The van der Waals surface area contributed by atoms with Gasteiger partial charge < -0.3 is 10.6 Å². The third-order valence-electron chi connectivity index (χ3n) is 4.75. The Kier molecular flexibility index (Phi) is 8.24. The van der Waals surface area contributed by atoms with Crippen LogP contribution in [0.5, 0.6) is 0 Å². The monoisotopic (exact) mass is 485 g/mol. The quantitative estimate of drug-likeness (QED) is 0.400. The van der Waals surface area contributed by atoms with E-state index in [1.807, 2.05) is 19.9 Å². The number of aryl methyl sites for hydroxylation is 1. The van der Waals surface area contributed by atoms with E-state index in [2.05, 4.69) is 25.8 Å². The van der Waals surface area contributed by atoms with Gasteiger partial charge in [0.15, 0.2) is 10.9 Å². The number of hydrogen-bond donors (Lipinski definition) is 3. The fourth-order valence-electron chi connectivity index (χ4n) is 2.99. The summed E-state index contributed by atoms with van der Waals surface area (Å²) < 4.78 is 0. The number of anilines is 2. The number of thioether (sulfide) groups is 1. The number of benzene rings is 2. The van der Waals surface area contributed by atoms with Gasteiger partial charge in [-0.2, -0.15) is 0 Å². The number of nitrogens with one attached hydrogen (secondary N) is 3. The van der Waals surface area contributed by atoms with Gasteiger partial charge in [-0.15, -0.1) is 10.2 Å². The highest BCUT2D eigenvalue weighted by Gasteiger charge is 2.21. The van der Waals surface area contributed by atoms with E-state index >= 15 is 0 Å². The van der Waals surface area contributed by atoms with Gasteiger partial charge in [-0.05, 0) is 37.6 Å². The van der Waals surface area contributed by atoms with E-state index < -0.39 is 10.8 Å². The first kappa shape index (κ1) is 24.5. The summed E-state index contributed by atoms with van der Waals surface area (Å²) in [6, 6.07) is 12.3. The first-order valence-corrected chi connectivity index (χ1v) is 11.7. The molecule has 0 saturated heterocycles. The van der Waals surface area contributed by atoms with Gasteiger partial charge in [-0.1, -0.05) is 61.0 Å². The van der Waals surface area contributed by atoms with Crippen molar-refractivity contribution >= 4 is 46.6 Å². The summed E-state index contributed by atoms with van der Waals surface area (Å²) in [7, 11) is 0. The molecule has 0 fully saturated rings. The van der Waals surface area contributed by atoms with E-state index in [1.165, 1.54) is 0 Å². The standard InChI is InChI=1S/C23H24ClN5O3S/c1-4-18(21(31)26-17-9-7-6-8-15(17)24)33-23-27-22(32)20(28-29-23)14-12-13(3)10-11-16(14)25-19(30)5-2/h6-12,18H,4-5H2,1-3H3,(H,25,30)(H,26,31)(H,27,29,32). The summed E-state index contributed by atoms with van der Waals surface area (Å²) in [6.45, 7) is 5.48. The SMILES string of the molecule is CCC(=O)Nc1ccc(C)cc1-c1nnc(SC(CC)C(=O)Nc2ccccc2Cl)[nH]c1=O. The highest BCUT2D eigenvalue weighted by Crippen LogP contribution is 2.28. The Hall–Kier alpha value is -3.17. The molecule has 33 heavy (non-hydrogen) atoms. The summed E-state index contributed by atoms with van der Waals surface area (Å²) in [5.74, 6) is -0.433. The lowest BCUT2D eigenvalue weighted by molar-refractivity contribution is -0.116. The largest absolute Gasteiger partial charge is 0.325 e. The number of para-hydroxylation sites is 1. The molecule has 2 amide bonds. The first-order valence-electron chi connectivity index (χ1n) is 10.4. The molecule has 2 aromatic carbocycles. The van der Waals surface area contributed by atoms with Crippen molar-refractivity contribution in [3.8, 4) is 11.3 Å². The Morgan fingerprint density at radius 1 is 1.09 bits per heavy atom. The van der Waals surface area contributed by atoms with Crippen LogP contribution >= 0.6 is 23.4 Å². The van der Waals surface area contributed by atoms with E-state index in [9.17, 15) is 14.4 Å². The molecule has 1 atom stereocenters. The molecule has 0 aliphatic rings. The fourth-order valence-corrected chi connectivity index (χ4v) is 4.01. The minimum absolute atomic E-state index is 0.0861. The Bertz CT molecular complexity index is 1230. The predicted octanol–water partition coefficient (Wildman–Crippen LogP) is 4.65. The van der Waals surface area contributed by atoms with Crippen molar-refractivity contribution in [1.29, 1.82) is 0 Å². The van der Waals surface area contributed by atoms with Gasteiger partial charge in [0, 0.05) is 12.0 Å². The number of amides is 2. The molecule has 3 aromatic rings. The molecule has 3 N–H and O–H groups in total. The van der Waals surface area contributed by atoms with E-state index in [1.54, 1.807) is 43.3 Å². The summed E-state index contributed by atoms with van der Waals surface area (Å²) >= 11 is 7.23. The van der Waals surface area contributed by atoms with Gasteiger partial charge in [0.2, 0.25) is 11.8 Å². The molecule has 0 radical (unpaired) electrons. The normalized spacial score (nSPS) is 11.6. The average molecular weight is 486 g/mol. The molecule has 3 rings (SSSR count). The maximum atomic E-state index is 12.8. The Labute approximate surface area is 200 Å². The lowest BCUT2D eigenvalue weighted by Crippen LogP contribution is -2.26. The predicted molar refractivity (Wildman–Crippen MR) is 132 cm³/mol. The van der Waals surface area contributed by atoms with Crippen LogP contribution in [0, 0.1) is 6.92 Å². The van der Waals surface area contributed by atoms with E-state index in [0.29, 0.717) is 34.8 Å². The van der Waals surface area contributed by atoms with Crippen molar-refractivity contribution in [2.75, 3.05) is 10.6 Å². The van der Waals surface area contributed by atoms with Gasteiger partial charge in [0.25, 0.3) is 5.56 Å². The number of rotatable bonds is 8. The summed E-state index contributed by atoms with van der Waals surface area (Å²) in [6.07, 6.45) is 0.803. The van der Waals surface area contributed by atoms with Crippen LogP contribution in [0.15, 0.2) is 52.4 Å². The average Bonchev–Trinajstić information content (AvgIpc) is 2.80. The van der Waals surface area contributed by atoms with Crippen molar-refractivity contribution in [1.82, 2.24) is 15.2 Å². The van der Waals surface area contributed by atoms with Crippen LogP contribution in [0.4, 0.5) is 11.4 Å². The second-order valence-electron chi connectivity index (χ2n) is 7.24. The van der Waals surface area contributed by atoms with Crippen molar-refractivity contribution in [3.05, 3.63) is 63.4 Å². The summed E-state index contributed by atoms with van der Waals surface area (Å²) in [5.41, 5.74) is 2.00. The molecule has 172 valence electrons. The number of hydrogen-bond acceptors (Lipinski definition) is 6. The third kappa shape index (κ3) is 6.21. The van der Waals surface area contributed by atoms with Crippen LogP contribution in [-0.4, -0.2) is 32.2 Å². The van der Waals surface area contributed by atoms with Gasteiger partial charge in [-0.25, -0.2) is 0 Å². The highest BCUT2D eigenvalue weighted by atomic mass is 35.5. The number of aromatic nitrogens is 3. The molecular weight excluding hydrogens is 462 g/mol. The second-order valence-corrected chi connectivity index (χ2v) is 8.84. The van der Waals surface area contributed by atoms with Crippen LogP contribution in [0.1, 0.15) is 32.3 Å². The number of aromatic amines is 1. The number of halogens is 1. The topological polar surface area (TPSA) is 117 Å². The molecule has 1 aromatic heterocycles. The zero-order valence-electron chi connectivity index (χ0n) is 18.4. The molecule has 0 saturated carbocycles. The molecule has 0 spiro atoms. The molecule has 10 heteroatoms. The molecule has 0 bridgehead atoms. The van der Waals surface area contributed by atoms with Crippen molar-refractivity contribution in [2.24, 2.45) is 0 Å². The smallest absolute Gasteiger partial charge is 0.278 e. The molecular formula is C23H24ClN5O3S. The van der Waals surface area contributed by atoms with Gasteiger partial charge in [0.05, 0.1) is 21.6 Å². The number of H-pyrrole nitrogens is 1. The Balaban J connectivity index is 1.83. The molecule has 0 aliphatic heterocycles. The van der Waals surface area contributed by atoms with Crippen LogP contribution in [-0.2, 0) is 9.59 Å². The zero-order chi connectivity index (χ0) is 24.0.